The van der Waals surface area contributed by atoms with E-state index in [-0.39, 0.29) is 18.2 Å². The number of aliphatic hydroxyl groups is 1. The average Bonchev–Trinajstić information content (AvgIpc) is 2.21. The highest BCUT2D eigenvalue weighted by Gasteiger charge is 2.18. The van der Waals surface area contributed by atoms with Crippen molar-refractivity contribution in [3.8, 4) is 0 Å². The average molecular weight is 218 g/mol. The van der Waals surface area contributed by atoms with E-state index in [1.54, 1.807) is 0 Å². The van der Waals surface area contributed by atoms with Crippen LogP contribution in [-0.2, 0) is 9.59 Å². The molecule has 0 spiro atoms. The van der Waals surface area contributed by atoms with Gasteiger partial charge in [0.2, 0.25) is 5.91 Å². The van der Waals surface area contributed by atoms with Crippen molar-refractivity contribution in [1.29, 1.82) is 0 Å². The summed E-state index contributed by atoms with van der Waals surface area (Å²) in [5.41, 5.74) is 5.37. The van der Waals surface area contributed by atoms with Crippen LogP contribution in [0.4, 0.5) is 0 Å². The quantitative estimate of drug-likeness (QED) is 0.434. The van der Waals surface area contributed by atoms with E-state index in [1.807, 2.05) is 6.92 Å². The summed E-state index contributed by atoms with van der Waals surface area (Å²) in [5, 5.41) is 19.4. The number of carbonyl (C=O) groups is 2. The predicted molar refractivity (Wildman–Crippen MR) is 54.1 cm³/mol. The monoisotopic (exact) mass is 218 g/mol. The zero-order valence-corrected chi connectivity index (χ0v) is 8.77. The molecule has 0 saturated heterocycles. The van der Waals surface area contributed by atoms with E-state index >= 15 is 0 Å². The maximum Gasteiger partial charge on any atom is 0.328 e. The van der Waals surface area contributed by atoms with Crippen molar-refractivity contribution in [3.63, 3.8) is 0 Å². The van der Waals surface area contributed by atoms with Gasteiger partial charge in [0.1, 0.15) is 6.04 Å². The Morgan fingerprint density at radius 3 is 2.47 bits per heavy atom. The molecule has 0 aliphatic heterocycles. The maximum absolute atomic E-state index is 11.2. The van der Waals surface area contributed by atoms with E-state index in [0.29, 0.717) is 13.0 Å². The molecule has 0 aromatic heterocycles. The predicted octanol–water partition coefficient (Wildman–Crippen LogP) is -1.08. The Hall–Kier alpha value is -1.14. The van der Waals surface area contributed by atoms with Gasteiger partial charge in [0.25, 0.3) is 0 Å². The Morgan fingerprint density at radius 2 is 2.07 bits per heavy atom. The number of hydrogen-bond acceptors (Lipinski definition) is 4. The Labute approximate surface area is 88.5 Å². The lowest BCUT2D eigenvalue weighted by Crippen LogP contribution is -2.43. The van der Waals surface area contributed by atoms with Gasteiger partial charge in [-0.2, -0.15) is 0 Å². The van der Waals surface area contributed by atoms with Crippen LogP contribution < -0.4 is 11.1 Å². The molecule has 5 N–H and O–H groups in total. The Balaban J connectivity index is 3.86. The van der Waals surface area contributed by atoms with E-state index < -0.39 is 18.6 Å². The number of hydrogen-bond donors (Lipinski definition) is 4. The fourth-order valence-electron chi connectivity index (χ4n) is 0.947. The molecule has 0 aromatic rings. The van der Waals surface area contributed by atoms with Crippen molar-refractivity contribution in [2.45, 2.75) is 25.8 Å². The van der Waals surface area contributed by atoms with Crippen LogP contribution in [0, 0.1) is 5.92 Å². The number of aliphatic hydroxyl groups excluding tert-OH is 1. The minimum Gasteiger partial charge on any atom is -0.480 e. The fraction of sp³-hybridized carbons (Fsp3) is 0.778. The number of carboxylic acid groups (broad SMARTS) is 1. The zero-order chi connectivity index (χ0) is 11.8. The molecule has 0 heterocycles. The molecule has 0 fully saturated rings. The van der Waals surface area contributed by atoms with Crippen LogP contribution in [0.5, 0.6) is 0 Å². The van der Waals surface area contributed by atoms with Gasteiger partial charge >= 0.3 is 5.97 Å². The number of carboxylic acids is 1. The van der Waals surface area contributed by atoms with Gasteiger partial charge in [-0.3, -0.25) is 4.79 Å². The summed E-state index contributed by atoms with van der Waals surface area (Å²) < 4.78 is 0. The van der Waals surface area contributed by atoms with Crippen LogP contribution in [0.2, 0.25) is 0 Å². The minimum atomic E-state index is -1.24. The molecular formula is C9H18N2O4. The van der Waals surface area contributed by atoms with E-state index in [4.69, 9.17) is 15.9 Å². The second-order valence-electron chi connectivity index (χ2n) is 3.52. The number of nitrogens with two attached hydrogens (primary N) is 1. The van der Waals surface area contributed by atoms with Gasteiger partial charge in [0.15, 0.2) is 0 Å². The van der Waals surface area contributed by atoms with Crippen LogP contribution in [0.25, 0.3) is 0 Å². The van der Waals surface area contributed by atoms with Gasteiger partial charge in [-0.05, 0) is 18.9 Å². The first kappa shape index (κ1) is 13.9. The van der Waals surface area contributed by atoms with Gasteiger partial charge in [0.05, 0.1) is 6.61 Å². The van der Waals surface area contributed by atoms with E-state index in [0.717, 1.165) is 0 Å². The van der Waals surface area contributed by atoms with Crippen molar-refractivity contribution < 1.29 is 19.8 Å². The summed E-state index contributed by atoms with van der Waals surface area (Å²) in [7, 11) is 0. The van der Waals surface area contributed by atoms with Gasteiger partial charge in [-0.25, -0.2) is 4.79 Å². The summed E-state index contributed by atoms with van der Waals surface area (Å²) in [6, 6.07) is -1.22. The Kier molecular flexibility index (Phi) is 6.64. The van der Waals surface area contributed by atoms with Gasteiger partial charge in [0, 0.05) is 6.42 Å². The highest BCUT2D eigenvalue weighted by molar-refractivity contribution is 5.83. The highest BCUT2D eigenvalue weighted by atomic mass is 16.4. The van der Waals surface area contributed by atoms with Crippen LogP contribution >= 0.6 is 0 Å². The lowest BCUT2D eigenvalue weighted by atomic mass is 10.1. The van der Waals surface area contributed by atoms with Crippen LogP contribution in [0.3, 0.4) is 0 Å². The standard InChI is InChI=1S/C9H18N2O4/c1-6(4-10)2-3-8(13)11-7(5-12)9(14)15/h6-7,12H,2-5,10H2,1H3,(H,11,13)(H,14,15)/t6?,7-/m1/s1. The fourth-order valence-corrected chi connectivity index (χ4v) is 0.947. The number of rotatable bonds is 7. The first-order chi connectivity index (χ1) is 7.01. The third kappa shape index (κ3) is 6.03. The molecule has 1 unspecified atom stereocenters. The minimum absolute atomic E-state index is 0.224. The van der Waals surface area contributed by atoms with Gasteiger partial charge in [-0.15, -0.1) is 0 Å². The molecule has 15 heavy (non-hydrogen) atoms. The normalized spacial score (nSPS) is 14.3. The van der Waals surface area contributed by atoms with Crippen LogP contribution in [-0.4, -0.2) is 41.3 Å². The summed E-state index contributed by atoms with van der Waals surface area (Å²) in [6.45, 7) is 1.80. The molecule has 88 valence electrons. The van der Waals surface area contributed by atoms with Crippen molar-refractivity contribution >= 4 is 11.9 Å². The highest BCUT2D eigenvalue weighted by Crippen LogP contribution is 2.02. The third-order valence-electron chi connectivity index (χ3n) is 2.08. The molecule has 0 aliphatic rings. The Morgan fingerprint density at radius 1 is 1.47 bits per heavy atom. The summed E-state index contributed by atoms with van der Waals surface area (Å²) in [5.74, 6) is -1.39. The van der Waals surface area contributed by atoms with Crippen molar-refractivity contribution in [1.82, 2.24) is 5.32 Å². The SMILES string of the molecule is CC(CN)CCC(=O)N[C@H](CO)C(=O)O. The molecule has 0 bridgehead atoms. The van der Waals surface area contributed by atoms with Crippen LogP contribution in [0.15, 0.2) is 0 Å². The summed E-state index contributed by atoms with van der Waals surface area (Å²) >= 11 is 0. The molecule has 2 atom stereocenters. The molecule has 1 amide bonds. The molecule has 0 rings (SSSR count). The molecule has 0 radical (unpaired) electrons. The molecule has 6 heteroatoms. The van der Waals surface area contributed by atoms with Crippen molar-refractivity contribution in [2.24, 2.45) is 11.7 Å². The number of carbonyl (C=O) groups excluding carboxylic acids is 1. The molecular weight excluding hydrogens is 200 g/mol. The van der Waals surface area contributed by atoms with Gasteiger partial charge in [-0.1, -0.05) is 6.92 Å². The molecule has 0 aliphatic carbocycles. The number of amides is 1. The molecule has 6 nitrogen and oxygen atoms in total. The summed E-state index contributed by atoms with van der Waals surface area (Å²) in [4.78, 5) is 21.7. The maximum atomic E-state index is 11.2. The third-order valence-corrected chi connectivity index (χ3v) is 2.08. The molecule has 0 aromatic carbocycles. The lowest BCUT2D eigenvalue weighted by Gasteiger charge is -2.12. The van der Waals surface area contributed by atoms with E-state index in [1.165, 1.54) is 0 Å². The smallest absolute Gasteiger partial charge is 0.328 e. The van der Waals surface area contributed by atoms with Gasteiger partial charge < -0.3 is 21.3 Å². The lowest BCUT2D eigenvalue weighted by molar-refractivity contribution is -0.143. The van der Waals surface area contributed by atoms with Crippen LogP contribution in [0.1, 0.15) is 19.8 Å². The largest absolute Gasteiger partial charge is 0.480 e. The number of nitrogens with one attached hydrogen (secondary N) is 1. The summed E-state index contributed by atoms with van der Waals surface area (Å²) in [6.07, 6.45) is 0.836. The van der Waals surface area contributed by atoms with Crippen molar-refractivity contribution in [2.75, 3.05) is 13.2 Å². The van der Waals surface area contributed by atoms with Crippen molar-refractivity contribution in [3.05, 3.63) is 0 Å². The van der Waals surface area contributed by atoms with E-state index in [9.17, 15) is 9.59 Å². The second-order valence-corrected chi connectivity index (χ2v) is 3.52. The number of aliphatic carboxylic acids is 1. The molecule has 0 saturated carbocycles. The topological polar surface area (TPSA) is 113 Å². The first-order valence-electron chi connectivity index (χ1n) is 4.84. The zero-order valence-electron chi connectivity index (χ0n) is 8.77. The second kappa shape index (κ2) is 7.19. The first-order valence-corrected chi connectivity index (χ1v) is 4.84. The Bertz CT molecular complexity index is 220. The van der Waals surface area contributed by atoms with E-state index in [2.05, 4.69) is 5.32 Å².